The van der Waals surface area contributed by atoms with Crippen LogP contribution in [0, 0.1) is 17.7 Å². The summed E-state index contributed by atoms with van der Waals surface area (Å²) in [4.78, 5) is 0. The lowest BCUT2D eigenvalue weighted by atomic mass is 9.79. The molecule has 2 aromatic carbocycles. The van der Waals surface area contributed by atoms with Crippen molar-refractivity contribution in [3.05, 3.63) is 66.5 Å². The number of ether oxygens (including phenoxy) is 1. The van der Waals surface area contributed by atoms with Crippen molar-refractivity contribution in [1.29, 1.82) is 0 Å². The quantitative estimate of drug-likeness (QED) is 0.318. The van der Waals surface area contributed by atoms with E-state index in [1.165, 1.54) is 63.5 Å². The van der Waals surface area contributed by atoms with E-state index in [1.807, 2.05) is 24.3 Å². The molecular formula is C26H33FO. The van der Waals surface area contributed by atoms with Crippen molar-refractivity contribution in [2.45, 2.75) is 58.3 Å². The number of hydrogen-bond acceptors (Lipinski definition) is 1. The second-order valence-electron chi connectivity index (χ2n) is 8.05. The number of hydrogen-bond donors (Lipinski definition) is 0. The monoisotopic (exact) mass is 380 g/mol. The molecule has 1 aliphatic carbocycles. The molecule has 0 bridgehead atoms. The zero-order valence-corrected chi connectivity index (χ0v) is 17.1. The molecule has 0 heterocycles. The van der Waals surface area contributed by atoms with E-state index in [9.17, 15) is 4.39 Å². The highest BCUT2D eigenvalue weighted by molar-refractivity contribution is 5.63. The molecule has 0 unspecified atom stereocenters. The second-order valence-corrected chi connectivity index (χ2v) is 8.05. The lowest BCUT2D eigenvalue weighted by molar-refractivity contribution is 0.288. The Bertz CT molecular complexity index is 709. The van der Waals surface area contributed by atoms with E-state index >= 15 is 0 Å². The van der Waals surface area contributed by atoms with Crippen LogP contribution in [0.1, 0.15) is 58.3 Å². The van der Waals surface area contributed by atoms with Gasteiger partial charge in [-0.2, -0.15) is 0 Å². The zero-order valence-electron chi connectivity index (χ0n) is 17.1. The standard InChI is InChI=1S/C26H33FO/c1-2-3-4-6-21-8-10-22(11-9-21)7-5-20-28-26-18-14-24(15-19-26)23-12-16-25(27)17-13-23/h5,7,12-19,21-22H,2-4,6,8-11,20H2,1H3. The predicted octanol–water partition coefficient (Wildman–Crippen LogP) is 7.81. The van der Waals surface area contributed by atoms with Crippen LogP contribution in [0.2, 0.25) is 0 Å². The van der Waals surface area contributed by atoms with Crippen molar-refractivity contribution in [3.63, 3.8) is 0 Å². The summed E-state index contributed by atoms with van der Waals surface area (Å²) >= 11 is 0. The fraction of sp³-hybridized carbons (Fsp3) is 0.462. The molecule has 0 radical (unpaired) electrons. The van der Waals surface area contributed by atoms with Gasteiger partial charge in [0, 0.05) is 0 Å². The van der Waals surface area contributed by atoms with Crippen LogP contribution in [0.25, 0.3) is 11.1 Å². The van der Waals surface area contributed by atoms with E-state index in [-0.39, 0.29) is 5.82 Å². The minimum atomic E-state index is -0.208. The van der Waals surface area contributed by atoms with E-state index in [0.29, 0.717) is 6.61 Å². The average molecular weight is 381 g/mol. The molecule has 2 aromatic rings. The Labute approximate surface area is 169 Å². The van der Waals surface area contributed by atoms with Gasteiger partial charge in [-0.25, -0.2) is 4.39 Å². The van der Waals surface area contributed by atoms with E-state index in [2.05, 4.69) is 19.1 Å². The highest BCUT2D eigenvalue weighted by atomic mass is 19.1. The van der Waals surface area contributed by atoms with E-state index in [0.717, 1.165) is 28.7 Å². The first-order chi connectivity index (χ1) is 13.7. The molecule has 2 heteroatoms. The Morgan fingerprint density at radius 3 is 2.18 bits per heavy atom. The molecule has 28 heavy (non-hydrogen) atoms. The lowest BCUT2D eigenvalue weighted by Gasteiger charge is -2.26. The largest absolute Gasteiger partial charge is 0.490 e. The van der Waals surface area contributed by atoms with Crippen LogP contribution in [-0.2, 0) is 0 Å². The third-order valence-electron chi connectivity index (χ3n) is 5.89. The van der Waals surface area contributed by atoms with Gasteiger partial charge in [-0.3, -0.25) is 0 Å². The van der Waals surface area contributed by atoms with Crippen molar-refractivity contribution in [3.8, 4) is 16.9 Å². The van der Waals surface area contributed by atoms with Gasteiger partial charge in [0.05, 0.1) is 0 Å². The van der Waals surface area contributed by atoms with Crippen LogP contribution in [0.4, 0.5) is 4.39 Å². The number of allylic oxidation sites excluding steroid dienone is 1. The zero-order chi connectivity index (χ0) is 19.6. The Morgan fingerprint density at radius 1 is 0.893 bits per heavy atom. The van der Waals surface area contributed by atoms with Crippen molar-refractivity contribution in [2.24, 2.45) is 11.8 Å². The van der Waals surface area contributed by atoms with Gasteiger partial charge in [0.25, 0.3) is 0 Å². The smallest absolute Gasteiger partial charge is 0.123 e. The van der Waals surface area contributed by atoms with Crippen LogP contribution in [0.3, 0.4) is 0 Å². The maximum Gasteiger partial charge on any atom is 0.123 e. The topological polar surface area (TPSA) is 9.23 Å². The van der Waals surface area contributed by atoms with E-state index < -0.39 is 0 Å². The van der Waals surface area contributed by atoms with Crippen LogP contribution < -0.4 is 4.74 Å². The third-order valence-corrected chi connectivity index (χ3v) is 5.89. The minimum absolute atomic E-state index is 0.208. The summed E-state index contributed by atoms with van der Waals surface area (Å²) in [5, 5.41) is 0. The Hall–Kier alpha value is -2.09. The summed E-state index contributed by atoms with van der Waals surface area (Å²) in [6.07, 6.45) is 15.5. The van der Waals surface area contributed by atoms with E-state index in [4.69, 9.17) is 4.74 Å². The SMILES string of the molecule is CCCCCC1CCC(C=CCOc2ccc(-c3ccc(F)cc3)cc2)CC1. The lowest BCUT2D eigenvalue weighted by Crippen LogP contribution is -2.13. The normalized spacial score (nSPS) is 19.8. The number of halogens is 1. The summed E-state index contributed by atoms with van der Waals surface area (Å²) in [7, 11) is 0. The Morgan fingerprint density at radius 2 is 1.54 bits per heavy atom. The second kappa shape index (κ2) is 11.0. The first-order valence-corrected chi connectivity index (χ1v) is 10.9. The van der Waals surface area contributed by atoms with Gasteiger partial charge >= 0.3 is 0 Å². The molecule has 0 saturated heterocycles. The van der Waals surface area contributed by atoms with Crippen molar-refractivity contribution in [2.75, 3.05) is 6.61 Å². The fourth-order valence-corrected chi connectivity index (χ4v) is 4.13. The molecule has 1 aliphatic rings. The van der Waals surface area contributed by atoms with Gasteiger partial charge < -0.3 is 4.74 Å². The highest BCUT2D eigenvalue weighted by Gasteiger charge is 2.18. The molecule has 0 amide bonds. The first kappa shape index (κ1) is 20.6. The summed E-state index contributed by atoms with van der Waals surface area (Å²) in [5.74, 6) is 2.36. The van der Waals surface area contributed by atoms with Crippen molar-refractivity contribution >= 4 is 0 Å². The van der Waals surface area contributed by atoms with Crippen LogP contribution in [-0.4, -0.2) is 6.61 Å². The molecule has 150 valence electrons. The molecule has 0 N–H and O–H groups in total. The predicted molar refractivity (Wildman–Crippen MR) is 116 cm³/mol. The molecule has 0 aliphatic heterocycles. The van der Waals surface area contributed by atoms with Crippen LogP contribution >= 0.6 is 0 Å². The summed E-state index contributed by atoms with van der Waals surface area (Å²) in [5.41, 5.74) is 2.08. The maximum atomic E-state index is 13.0. The number of benzene rings is 2. The summed E-state index contributed by atoms with van der Waals surface area (Å²) < 4.78 is 18.9. The summed E-state index contributed by atoms with van der Waals surface area (Å²) in [6.45, 7) is 2.90. The first-order valence-electron chi connectivity index (χ1n) is 10.9. The average Bonchev–Trinajstić information content (AvgIpc) is 2.73. The summed E-state index contributed by atoms with van der Waals surface area (Å²) in [6, 6.07) is 14.6. The Kier molecular flexibility index (Phi) is 8.14. The Balaban J connectivity index is 1.37. The molecule has 3 rings (SSSR count). The van der Waals surface area contributed by atoms with Crippen molar-refractivity contribution in [1.82, 2.24) is 0 Å². The fourth-order valence-electron chi connectivity index (χ4n) is 4.13. The van der Waals surface area contributed by atoms with Gasteiger partial charge in [0.2, 0.25) is 0 Å². The van der Waals surface area contributed by atoms with Gasteiger partial charge in [-0.15, -0.1) is 0 Å². The molecule has 1 saturated carbocycles. The highest BCUT2D eigenvalue weighted by Crippen LogP contribution is 2.32. The molecular weight excluding hydrogens is 347 g/mol. The number of unbranched alkanes of at least 4 members (excludes halogenated alkanes) is 2. The van der Waals surface area contributed by atoms with Gasteiger partial charge in [0.1, 0.15) is 18.2 Å². The molecule has 0 spiro atoms. The molecule has 0 aromatic heterocycles. The molecule has 1 fully saturated rings. The number of rotatable bonds is 9. The maximum absolute atomic E-state index is 13.0. The molecule has 1 nitrogen and oxygen atoms in total. The van der Waals surface area contributed by atoms with E-state index in [1.54, 1.807) is 12.1 Å². The molecule has 0 atom stereocenters. The minimum Gasteiger partial charge on any atom is -0.490 e. The third kappa shape index (κ3) is 6.51. The van der Waals surface area contributed by atoms with Gasteiger partial charge in [0.15, 0.2) is 0 Å². The van der Waals surface area contributed by atoms with Crippen molar-refractivity contribution < 1.29 is 9.13 Å². The van der Waals surface area contributed by atoms with Gasteiger partial charge in [-0.1, -0.05) is 69.0 Å². The van der Waals surface area contributed by atoms with Gasteiger partial charge in [-0.05, 0) is 72.9 Å². The van der Waals surface area contributed by atoms with Crippen LogP contribution in [0.15, 0.2) is 60.7 Å². The van der Waals surface area contributed by atoms with Crippen LogP contribution in [0.5, 0.6) is 5.75 Å².